The lowest BCUT2D eigenvalue weighted by molar-refractivity contribution is -0.134. The summed E-state index contributed by atoms with van der Waals surface area (Å²) in [6.45, 7) is 4.17. The standard InChI is InChI=1S/C22H26N2O3/c1-17-11-13-24(14-12-17)21(25)16-27-20-10-6-5-9-19(20)22(26)23-15-18-7-3-2-4-8-18/h2-10,17H,11-16H2,1H3,(H,23,26). The predicted molar refractivity (Wildman–Crippen MR) is 105 cm³/mol. The molecule has 2 aromatic carbocycles. The lowest BCUT2D eigenvalue weighted by Gasteiger charge is -2.30. The Kier molecular flexibility index (Phi) is 6.47. The normalized spacial score (nSPS) is 14.6. The molecular formula is C22H26N2O3. The zero-order valence-corrected chi connectivity index (χ0v) is 15.7. The molecule has 0 aliphatic carbocycles. The van der Waals surface area contributed by atoms with E-state index in [2.05, 4.69) is 12.2 Å². The minimum absolute atomic E-state index is 0.0265. The van der Waals surface area contributed by atoms with Crippen molar-refractivity contribution in [3.8, 4) is 5.75 Å². The van der Waals surface area contributed by atoms with Gasteiger partial charge in [0.05, 0.1) is 5.56 Å². The molecule has 5 nitrogen and oxygen atoms in total. The summed E-state index contributed by atoms with van der Waals surface area (Å²) in [6.07, 6.45) is 2.06. The fraction of sp³-hybridized carbons (Fsp3) is 0.364. The van der Waals surface area contributed by atoms with Crippen LogP contribution in [0.15, 0.2) is 54.6 Å². The average molecular weight is 366 g/mol. The summed E-state index contributed by atoms with van der Waals surface area (Å²) in [4.78, 5) is 26.8. The van der Waals surface area contributed by atoms with Crippen molar-refractivity contribution in [2.24, 2.45) is 5.92 Å². The number of likely N-dealkylation sites (tertiary alicyclic amines) is 1. The Morgan fingerprint density at radius 2 is 1.70 bits per heavy atom. The maximum absolute atomic E-state index is 12.5. The Morgan fingerprint density at radius 3 is 2.44 bits per heavy atom. The molecule has 0 saturated carbocycles. The van der Waals surface area contributed by atoms with E-state index in [1.807, 2.05) is 35.2 Å². The first kappa shape index (κ1) is 19.0. The van der Waals surface area contributed by atoms with Crippen molar-refractivity contribution < 1.29 is 14.3 Å². The molecule has 1 heterocycles. The molecule has 1 aliphatic heterocycles. The van der Waals surface area contributed by atoms with Crippen LogP contribution in [0.25, 0.3) is 0 Å². The lowest BCUT2D eigenvalue weighted by atomic mass is 9.99. The van der Waals surface area contributed by atoms with Gasteiger partial charge < -0.3 is 15.0 Å². The van der Waals surface area contributed by atoms with Crippen molar-refractivity contribution in [3.05, 3.63) is 65.7 Å². The Balaban J connectivity index is 1.56. The van der Waals surface area contributed by atoms with Gasteiger partial charge in [0.15, 0.2) is 6.61 Å². The SMILES string of the molecule is CC1CCN(C(=O)COc2ccccc2C(=O)NCc2ccccc2)CC1. The van der Waals surface area contributed by atoms with Crippen molar-refractivity contribution in [2.45, 2.75) is 26.3 Å². The second-order valence-corrected chi connectivity index (χ2v) is 7.02. The Morgan fingerprint density at radius 1 is 1.04 bits per heavy atom. The van der Waals surface area contributed by atoms with Crippen LogP contribution in [-0.2, 0) is 11.3 Å². The summed E-state index contributed by atoms with van der Waals surface area (Å²) >= 11 is 0. The third-order valence-corrected chi connectivity index (χ3v) is 4.92. The van der Waals surface area contributed by atoms with E-state index in [1.165, 1.54) is 0 Å². The molecule has 1 fully saturated rings. The minimum atomic E-state index is -0.214. The number of piperidine rings is 1. The first-order valence-electron chi connectivity index (χ1n) is 9.45. The Hall–Kier alpha value is -2.82. The number of hydrogen-bond donors (Lipinski definition) is 1. The van der Waals surface area contributed by atoms with Crippen molar-refractivity contribution in [3.63, 3.8) is 0 Å². The topological polar surface area (TPSA) is 58.6 Å². The van der Waals surface area contributed by atoms with Crippen LogP contribution >= 0.6 is 0 Å². The number of nitrogens with one attached hydrogen (secondary N) is 1. The minimum Gasteiger partial charge on any atom is -0.483 e. The lowest BCUT2D eigenvalue weighted by Crippen LogP contribution is -2.40. The number of nitrogens with zero attached hydrogens (tertiary/aromatic N) is 1. The molecule has 0 bridgehead atoms. The largest absolute Gasteiger partial charge is 0.483 e. The van der Waals surface area contributed by atoms with Crippen LogP contribution in [-0.4, -0.2) is 36.4 Å². The molecule has 0 atom stereocenters. The maximum Gasteiger partial charge on any atom is 0.260 e. The van der Waals surface area contributed by atoms with Crippen LogP contribution < -0.4 is 10.1 Å². The van der Waals surface area contributed by atoms with Crippen molar-refractivity contribution >= 4 is 11.8 Å². The van der Waals surface area contributed by atoms with Gasteiger partial charge in [-0.3, -0.25) is 9.59 Å². The van der Waals surface area contributed by atoms with Crippen molar-refractivity contribution in [2.75, 3.05) is 19.7 Å². The quantitative estimate of drug-likeness (QED) is 0.854. The van der Waals surface area contributed by atoms with Gasteiger partial charge >= 0.3 is 0 Å². The van der Waals surface area contributed by atoms with E-state index < -0.39 is 0 Å². The molecule has 1 aliphatic rings. The fourth-order valence-corrected chi connectivity index (χ4v) is 3.14. The predicted octanol–water partition coefficient (Wildman–Crippen LogP) is 3.25. The van der Waals surface area contributed by atoms with Crippen LogP contribution in [0.4, 0.5) is 0 Å². The molecule has 0 radical (unpaired) electrons. The zero-order valence-electron chi connectivity index (χ0n) is 15.7. The number of hydrogen-bond acceptors (Lipinski definition) is 3. The number of para-hydroxylation sites is 1. The van der Waals surface area contributed by atoms with E-state index in [9.17, 15) is 9.59 Å². The summed E-state index contributed by atoms with van der Waals surface area (Å²) < 4.78 is 5.70. The smallest absolute Gasteiger partial charge is 0.260 e. The number of benzene rings is 2. The monoisotopic (exact) mass is 366 g/mol. The van der Waals surface area contributed by atoms with Crippen LogP contribution in [0, 0.1) is 5.92 Å². The summed E-state index contributed by atoms with van der Waals surface area (Å²) in [5, 5.41) is 2.90. The number of rotatable bonds is 6. The van der Waals surface area contributed by atoms with Crippen LogP contribution in [0.3, 0.4) is 0 Å². The van der Waals surface area contributed by atoms with Gasteiger partial charge in [0, 0.05) is 19.6 Å². The summed E-state index contributed by atoms with van der Waals surface area (Å²) in [5.41, 5.74) is 1.47. The second kappa shape index (κ2) is 9.21. The second-order valence-electron chi connectivity index (χ2n) is 7.02. The zero-order chi connectivity index (χ0) is 19.1. The van der Waals surface area contributed by atoms with Gasteiger partial charge in [-0.05, 0) is 36.5 Å². The number of ether oxygens (including phenoxy) is 1. The Bertz CT molecular complexity index is 768. The highest BCUT2D eigenvalue weighted by molar-refractivity contribution is 5.97. The molecule has 0 aromatic heterocycles. The van der Waals surface area contributed by atoms with Gasteiger partial charge in [-0.1, -0.05) is 49.4 Å². The molecule has 0 unspecified atom stereocenters. The molecule has 5 heteroatoms. The van der Waals surface area contributed by atoms with Crippen LogP contribution in [0.2, 0.25) is 0 Å². The van der Waals surface area contributed by atoms with Crippen molar-refractivity contribution in [1.82, 2.24) is 10.2 Å². The highest BCUT2D eigenvalue weighted by Gasteiger charge is 2.21. The van der Waals surface area contributed by atoms with E-state index >= 15 is 0 Å². The maximum atomic E-state index is 12.5. The van der Waals surface area contributed by atoms with Crippen LogP contribution in [0.1, 0.15) is 35.7 Å². The first-order valence-corrected chi connectivity index (χ1v) is 9.45. The number of carbonyl (C=O) groups excluding carboxylic acids is 2. The van der Waals surface area contributed by atoms with Crippen molar-refractivity contribution in [1.29, 1.82) is 0 Å². The number of amides is 2. The fourth-order valence-electron chi connectivity index (χ4n) is 3.14. The van der Waals surface area contributed by atoms with Gasteiger partial charge in [-0.15, -0.1) is 0 Å². The third kappa shape index (κ3) is 5.33. The summed E-state index contributed by atoms with van der Waals surface area (Å²) in [7, 11) is 0. The molecule has 2 amide bonds. The van der Waals surface area contributed by atoms with Gasteiger partial charge in [0.2, 0.25) is 0 Å². The van der Waals surface area contributed by atoms with Gasteiger partial charge in [0.25, 0.3) is 11.8 Å². The molecular weight excluding hydrogens is 340 g/mol. The van der Waals surface area contributed by atoms with E-state index in [0.717, 1.165) is 31.5 Å². The van der Waals surface area contributed by atoms with Gasteiger partial charge in [0.1, 0.15) is 5.75 Å². The van der Waals surface area contributed by atoms with E-state index in [-0.39, 0.29) is 18.4 Å². The highest BCUT2D eigenvalue weighted by Crippen LogP contribution is 2.19. The Labute approximate surface area is 160 Å². The van der Waals surface area contributed by atoms with Gasteiger partial charge in [-0.2, -0.15) is 0 Å². The molecule has 27 heavy (non-hydrogen) atoms. The molecule has 1 saturated heterocycles. The van der Waals surface area contributed by atoms with E-state index in [4.69, 9.17) is 4.74 Å². The molecule has 2 aromatic rings. The molecule has 0 spiro atoms. The first-order chi connectivity index (χ1) is 13.1. The molecule has 142 valence electrons. The summed E-state index contributed by atoms with van der Waals surface area (Å²) in [5.74, 6) is 0.862. The number of carbonyl (C=O) groups is 2. The van der Waals surface area contributed by atoms with Crippen LogP contribution in [0.5, 0.6) is 5.75 Å². The highest BCUT2D eigenvalue weighted by atomic mass is 16.5. The van der Waals surface area contributed by atoms with E-state index in [0.29, 0.717) is 23.8 Å². The summed E-state index contributed by atoms with van der Waals surface area (Å²) in [6, 6.07) is 16.8. The van der Waals surface area contributed by atoms with Gasteiger partial charge in [-0.25, -0.2) is 0 Å². The third-order valence-electron chi connectivity index (χ3n) is 4.92. The average Bonchev–Trinajstić information content (AvgIpc) is 2.71. The molecule has 3 rings (SSSR count). The van der Waals surface area contributed by atoms with E-state index in [1.54, 1.807) is 24.3 Å². The molecule has 1 N–H and O–H groups in total.